The van der Waals surface area contributed by atoms with Crippen molar-refractivity contribution in [2.24, 2.45) is 0 Å². The number of nitrogens with one attached hydrogen (secondary N) is 2. The van der Waals surface area contributed by atoms with E-state index >= 15 is 0 Å². The van der Waals surface area contributed by atoms with Crippen molar-refractivity contribution in [1.29, 1.82) is 0 Å². The van der Waals surface area contributed by atoms with Crippen LogP contribution in [0.25, 0.3) is 0 Å². The molecule has 0 atom stereocenters. The Labute approximate surface area is 146 Å². The molecule has 0 aliphatic carbocycles. The fourth-order valence-electron chi connectivity index (χ4n) is 2.45. The smallest absolute Gasteiger partial charge is 0.257 e. The second-order valence-electron chi connectivity index (χ2n) is 5.62. The van der Waals surface area contributed by atoms with E-state index in [-0.39, 0.29) is 11.7 Å². The van der Waals surface area contributed by atoms with Gasteiger partial charge in [0.15, 0.2) is 5.78 Å². The van der Waals surface area contributed by atoms with Gasteiger partial charge >= 0.3 is 0 Å². The van der Waals surface area contributed by atoms with E-state index in [9.17, 15) is 9.59 Å². The first-order valence-corrected chi connectivity index (χ1v) is 7.97. The minimum absolute atomic E-state index is 0.00437. The number of carbonyl (C=O) groups is 2. The number of ketones is 1. The van der Waals surface area contributed by atoms with Gasteiger partial charge in [-0.2, -0.15) is 0 Å². The Morgan fingerprint density at radius 2 is 1.36 bits per heavy atom. The molecule has 4 nitrogen and oxygen atoms in total. The molecule has 0 radical (unpaired) electrons. The fourth-order valence-corrected chi connectivity index (χ4v) is 2.45. The van der Waals surface area contributed by atoms with Gasteiger partial charge in [0, 0.05) is 16.9 Å². The zero-order valence-corrected chi connectivity index (χ0v) is 13.8. The Kier molecular flexibility index (Phi) is 4.90. The van der Waals surface area contributed by atoms with Crippen molar-refractivity contribution in [2.45, 2.75) is 6.92 Å². The van der Waals surface area contributed by atoms with Gasteiger partial charge in [0.25, 0.3) is 5.91 Å². The SMILES string of the molecule is CC(=O)c1ccc(NC(=O)c2ccccc2Nc2ccccc2)cc1. The molecular weight excluding hydrogens is 312 g/mol. The third kappa shape index (κ3) is 4.12. The second kappa shape index (κ2) is 7.45. The second-order valence-corrected chi connectivity index (χ2v) is 5.62. The van der Waals surface area contributed by atoms with Crippen molar-refractivity contribution in [2.75, 3.05) is 10.6 Å². The van der Waals surface area contributed by atoms with Crippen LogP contribution in [0.3, 0.4) is 0 Å². The molecular formula is C21H18N2O2. The lowest BCUT2D eigenvalue weighted by atomic mass is 10.1. The van der Waals surface area contributed by atoms with E-state index in [4.69, 9.17) is 0 Å². The minimum atomic E-state index is -0.213. The molecule has 0 unspecified atom stereocenters. The lowest BCUT2D eigenvalue weighted by molar-refractivity contribution is 0.101. The highest BCUT2D eigenvalue weighted by atomic mass is 16.1. The van der Waals surface area contributed by atoms with Gasteiger partial charge in [-0.1, -0.05) is 30.3 Å². The molecule has 0 saturated carbocycles. The number of Topliss-reactive ketones (excluding diaryl/α,β-unsaturated/α-hetero) is 1. The van der Waals surface area contributed by atoms with Gasteiger partial charge in [0.1, 0.15) is 0 Å². The molecule has 3 rings (SSSR count). The number of hydrogen-bond acceptors (Lipinski definition) is 3. The van der Waals surface area contributed by atoms with Crippen LogP contribution in [-0.4, -0.2) is 11.7 Å². The molecule has 4 heteroatoms. The van der Waals surface area contributed by atoms with Gasteiger partial charge in [-0.15, -0.1) is 0 Å². The molecule has 0 heterocycles. The molecule has 0 aromatic heterocycles. The van der Waals surface area contributed by atoms with Crippen molar-refractivity contribution in [1.82, 2.24) is 0 Å². The van der Waals surface area contributed by atoms with Crippen molar-refractivity contribution in [3.8, 4) is 0 Å². The van der Waals surface area contributed by atoms with E-state index in [0.29, 0.717) is 16.8 Å². The largest absolute Gasteiger partial charge is 0.355 e. The molecule has 0 spiro atoms. The Hall–Kier alpha value is -3.40. The van der Waals surface area contributed by atoms with Gasteiger partial charge in [0.05, 0.1) is 11.3 Å². The summed E-state index contributed by atoms with van der Waals surface area (Å²) in [7, 11) is 0. The summed E-state index contributed by atoms with van der Waals surface area (Å²) in [5.41, 5.74) is 3.44. The van der Waals surface area contributed by atoms with E-state index < -0.39 is 0 Å². The third-order valence-corrected chi connectivity index (χ3v) is 3.77. The van der Waals surface area contributed by atoms with Crippen molar-refractivity contribution < 1.29 is 9.59 Å². The quantitative estimate of drug-likeness (QED) is 0.655. The maximum Gasteiger partial charge on any atom is 0.257 e. The zero-order chi connectivity index (χ0) is 17.6. The standard InChI is InChI=1S/C21H18N2O2/c1-15(24)16-11-13-18(14-12-16)23-21(25)19-9-5-6-10-20(19)22-17-7-3-2-4-8-17/h2-14,22H,1H3,(H,23,25). The maximum atomic E-state index is 12.6. The number of rotatable bonds is 5. The zero-order valence-electron chi connectivity index (χ0n) is 13.8. The van der Waals surface area contributed by atoms with E-state index in [2.05, 4.69) is 10.6 Å². The monoisotopic (exact) mass is 330 g/mol. The topological polar surface area (TPSA) is 58.2 Å². The van der Waals surface area contributed by atoms with Gasteiger partial charge < -0.3 is 10.6 Å². The van der Waals surface area contributed by atoms with Crippen LogP contribution in [0.2, 0.25) is 0 Å². The Morgan fingerprint density at radius 3 is 2.04 bits per heavy atom. The van der Waals surface area contributed by atoms with Crippen LogP contribution in [-0.2, 0) is 0 Å². The highest BCUT2D eigenvalue weighted by Crippen LogP contribution is 2.22. The van der Waals surface area contributed by atoms with Crippen LogP contribution >= 0.6 is 0 Å². The summed E-state index contributed by atoms with van der Waals surface area (Å²) in [5, 5.41) is 6.12. The molecule has 3 aromatic carbocycles. The summed E-state index contributed by atoms with van der Waals surface area (Å²) in [6, 6.07) is 23.9. The molecule has 0 saturated heterocycles. The fraction of sp³-hybridized carbons (Fsp3) is 0.0476. The first-order chi connectivity index (χ1) is 12.1. The third-order valence-electron chi connectivity index (χ3n) is 3.77. The van der Waals surface area contributed by atoms with Crippen molar-refractivity contribution in [3.05, 3.63) is 90.0 Å². The molecule has 25 heavy (non-hydrogen) atoms. The number of anilines is 3. The number of benzene rings is 3. The van der Waals surface area contributed by atoms with Crippen LogP contribution in [0.15, 0.2) is 78.9 Å². The maximum absolute atomic E-state index is 12.6. The molecule has 2 N–H and O–H groups in total. The summed E-state index contributed by atoms with van der Waals surface area (Å²) in [4.78, 5) is 23.9. The Balaban J connectivity index is 1.79. The van der Waals surface area contributed by atoms with Gasteiger partial charge in [0.2, 0.25) is 0 Å². The van der Waals surface area contributed by atoms with Crippen molar-refractivity contribution in [3.63, 3.8) is 0 Å². The molecule has 1 amide bonds. The number of carbonyl (C=O) groups excluding carboxylic acids is 2. The first-order valence-electron chi connectivity index (χ1n) is 7.97. The molecule has 3 aromatic rings. The van der Waals surface area contributed by atoms with Gasteiger partial charge in [-0.3, -0.25) is 9.59 Å². The Bertz CT molecular complexity index is 887. The summed E-state index contributed by atoms with van der Waals surface area (Å²) in [6.07, 6.45) is 0. The highest BCUT2D eigenvalue weighted by molar-refractivity contribution is 6.08. The number of hydrogen-bond donors (Lipinski definition) is 2. The molecule has 0 aliphatic heterocycles. The summed E-state index contributed by atoms with van der Waals surface area (Å²) in [5.74, 6) is -0.218. The predicted molar refractivity (Wildman–Crippen MR) is 101 cm³/mol. The van der Waals surface area contributed by atoms with E-state index in [1.165, 1.54) is 6.92 Å². The molecule has 0 fully saturated rings. The lowest BCUT2D eigenvalue weighted by Gasteiger charge is -2.12. The minimum Gasteiger partial charge on any atom is -0.355 e. The van der Waals surface area contributed by atoms with Crippen LogP contribution in [0.5, 0.6) is 0 Å². The van der Waals surface area contributed by atoms with E-state index in [1.54, 1.807) is 30.3 Å². The van der Waals surface area contributed by atoms with Crippen LogP contribution in [0, 0.1) is 0 Å². The normalized spacial score (nSPS) is 10.1. The summed E-state index contributed by atoms with van der Waals surface area (Å²) in [6.45, 7) is 1.51. The number of amides is 1. The predicted octanol–water partition coefficient (Wildman–Crippen LogP) is 4.89. The van der Waals surface area contributed by atoms with Crippen LogP contribution in [0.4, 0.5) is 17.1 Å². The van der Waals surface area contributed by atoms with E-state index in [0.717, 1.165) is 11.4 Å². The highest BCUT2D eigenvalue weighted by Gasteiger charge is 2.11. The Morgan fingerprint density at radius 1 is 0.720 bits per heavy atom. The van der Waals surface area contributed by atoms with Crippen molar-refractivity contribution >= 4 is 28.8 Å². The summed E-state index contributed by atoms with van der Waals surface area (Å²) < 4.78 is 0. The van der Waals surface area contributed by atoms with Gasteiger partial charge in [-0.25, -0.2) is 0 Å². The van der Waals surface area contributed by atoms with E-state index in [1.807, 2.05) is 48.5 Å². The molecule has 124 valence electrons. The first kappa shape index (κ1) is 16.5. The average Bonchev–Trinajstić information content (AvgIpc) is 2.63. The van der Waals surface area contributed by atoms with Crippen LogP contribution in [0.1, 0.15) is 27.6 Å². The van der Waals surface area contributed by atoms with Gasteiger partial charge in [-0.05, 0) is 55.5 Å². The molecule has 0 bridgehead atoms. The lowest BCUT2D eigenvalue weighted by Crippen LogP contribution is -2.14. The average molecular weight is 330 g/mol. The summed E-state index contributed by atoms with van der Waals surface area (Å²) >= 11 is 0. The molecule has 0 aliphatic rings. The van der Waals surface area contributed by atoms with Crippen LogP contribution < -0.4 is 10.6 Å². The number of para-hydroxylation sites is 2.